The summed E-state index contributed by atoms with van der Waals surface area (Å²) in [7, 11) is 0. The predicted molar refractivity (Wildman–Crippen MR) is 95.8 cm³/mol. The van der Waals surface area contributed by atoms with Crippen LogP contribution in [-0.2, 0) is 14.3 Å². The minimum absolute atomic E-state index is 0. The first kappa shape index (κ1) is 18.7. The van der Waals surface area contributed by atoms with Gasteiger partial charge in [0.25, 0.3) is 0 Å². The van der Waals surface area contributed by atoms with Crippen molar-refractivity contribution < 1.29 is 14.3 Å². The summed E-state index contributed by atoms with van der Waals surface area (Å²) in [4.78, 5) is 26.0. The summed E-state index contributed by atoms with van der Waals surface area (Å²) in [6.45, 7) is 2.80. The molecule has 24 heavy (non-hydrogen) atoms. The third-order valence-corrected chi connectivity index (χ3v) is 4.20. The van der Waals surface area contributed by atoms with Crippen LogP contribution >= 0.6 is 12.4 Å². The Kier molecular flexibility index (Phi) is 7.02. The number of carbonyl (C=O) groups excluding carboxylic acids is 2. The molecule has 7 heteroatoms. The Morgan fingerprint density at radius 3 is 3.00 bits per heavy atom. The van der Waals surface area contributed by atoms with E-state index in [0.717, 1.165) is 37.3 Å². The number of hydrogen-bond donors (Lipinski definition) is 2. The Hall–Kier alpha value is -1.63. The Morgan fingerprint density at radius 2 is 2.25 bits per heavy atom. The molecule has 1 aromatic carbocycles. The molecule has 0 radical (unpaired) electrons. The number of carbonyl (C=O) groups is 2. The summed E-state index contributed by atoms with van der Waals surface area (Å²) in [5, 5.41) is 6.18. The number of piperidine rings is 1. The highest BCUT2D eigenvalue weighted by molar-refractivity contribution is 5.96. The van der Waals surface area contributed by atoms with Crippen LogP contribution in [0.2, 0.25) is 0 Å². The lowest BCUT2D eigenvalue weighted by atomic mass is 10.1. The number of nitrogens with zero attached hydrogens (tertiary/aromatic N) is 1. The van der Waals surface area contributed by atoms with Gasteiger partial charge in [0.1, 0.15) is 0 Å². The molecule has 2 fully saturated rings. The van der Waals surface area contributed by atoms with E-state index in [2.05, 4.69) is 10.6 Å². The summed E-state index contributed by atoms with van der Waals surface area (Å²) in [5.74, 6) is 0.110. The first-order chi connectivity index (χ1) is 11.2. The SMILES string of the molecule is Cl.O=C(CC1COCCN1)Nc1cccc(N2CCCCC2=O)c1. The highest BCUT2D eigenvalue weighted by atomic mass is 35.5. The van der Waals surface area contributed by atoms with Crippen molar-refractivity contribution in [3.8, 4) is 0 Å². The van der Waals surface area contributed by atoms with E-state index < -0.39 is 0 Å². The summed E-state index contributed by atoms with van der Waals surface area (Å²) >= 11 is 0. The second kappa shape index (κ2) is 9.01. The average molecular weight is 354 g/mol. The van der Waals surface area contributed by atoms with E-state index in [4.69, 9.17) is 4.74 Å². The molecule has 3 rings (SSSR count). The van der Waals surface area contributed by atoms with E-state index in [1.165, 1.54) is 0 Å². The third-order valence-electron chi connectivity index (χ3n) is 4.20. The topological polar surface area (TPSA) is 70.7 Å². The fourth-order valence-corrected chi connectivity index (χ4v) is 3.02. The maximum absolute atomic E-state index is 12.1. The Morgan fingerprint density at radius 1 is 1.38 bits per heavy atom. The van der Waals surface area contributed by atoms with Gasteiger partial charge in [-0.1, -0.05) is 6.07 Å². The Labute approximate surface area is 148 Å². The minimum Gasteiger partial charge on any atom is -0.378 e. The smallest absolute Gasteiger partial charge is 0.226 e. The lowest BCUT2D eigenvalue weighted by molar-refractivity contribution is -0.119. The summed E-state index contributed by atoms with van der Waals surface area (Å²) in [5.41, 5.74) is 1.58. The molecule has 2 heterocycles. The zero-order valence-corrected chi connectivity index (χ0v) is 14.4. The van der Waals surface area contributed by atoms with Crippen molar-refractivity contribution in [3.63, 3.8) is 0 Å². The molecule has 1 atom stereocenters. The van der Waals surface area contributed by atoms with Crippen LogP contribution in [0.15, 0.2) is 24.3 Å². The van der Waals surface area contributed by atoms with Gasteiger partial charge in [-0.2, -0.15) is 0 Å². The van der Waals surface area contributed by atoms with E-state index in [0.29, 0.717) is 26.1 Å². The molecule has 0 aromatic heterocycles. The molecule has 2 amide bonds. The van der Waals surface area contributed by atoms with Crippen molar-refractivity contribution in [2.75, 3.05) is 36.5 Å². The van der Waals surface area contributed by atoms with Gasteiger partial charge in [0.15, 0.2) is 0 Å². The van der Waals surface area contributed by atoms with E-state index in [1.807, 2.05) is 24.3 Å². The van der Waals surface area contributed by atoms with Gasteiger partial charge in [-0.25, -0.2) is 0 Å². The standard InChI is InChI=1S/C17H23N3O3.ClH/c21-16(11-14-12-23-9-7-18-14)19-13-4-3-5-15(10-13)20-8-2-1-6-17(20)22;/h3-5,10,14,18H,1-2,6-9,11-12H2,(H,19,21);1H. The molecule has 1 unspecified atom stereocenters. The number of amides is 2. The van der Waals surface area contributed by atoms with Crippen molar-refractivity contribution in [2.45, 2.75) is 31.7 Å². The summed E-state index contributed by atoms with van der Waals surface area (Å²) in [6.07, 6.45) is 2.97. The zero-order chi connectivity index (χ0) is 16.1. The van der Waals surface area contributed by atoms with Crippen molar-refractivity contribution in [1.29, 1.82) is 0 Å². The Balaban J connectivity index is 0.00000208. The van der Waals surface area contributed by atoms with Gasteiger partial charge < -0.3 is 20.3 Å². The molecule has 0 saturated carbocycles. The molecule has 132 valence electrons. The van der Waals surface area contributed by atoms with Gasteiger partial charge in [0.05, 0.1) is 13.2 Å². The number of anilines is 2. The van der Waals surface area contributed by atoms with Crippen LogP contribution in [0.25, 0.3) is 0 Å². The van der Waals surface area contributed by atoms with Gasteiger partial charge in [0, 0.05) is 43.3 Å². The molecular weight excluding hydrogens is 330 g/mol. The molecule has 0 spiro atoms. The fourth-order valence-electron chi connectivity index (χ4n) is 3.02. The molecule has 1 aromatic rings. The lowest BCUT2D eigenvalue weighted by Crippen LogP contribution is -2.43. The first-order valence-electron chi connectivity index (χ1n) is 8.24. The van der Waals surface area contributed by atoms with Crippen LogP contribution in [0.1, 0.15) is 25.7 Å². The normalized spacial score (nSPS) is 21.1. The largest absolute Gasteiger partial charge is 0.378 e. The van der Waals surface area contributed by atoms with E-state index in [1.54, 1.807) is 4.90 Å². The van der Waals surface area contributed by atoms with Crippen molar-refractivity contribution in [3.05, 3.63) is 24.3 Å². The van der Waals surface area contributed by atoms with E-state index in [-0.39, 0.29) is 30.3 Å². The van der Waals surface area contributed by atoms with Gasteiger partial charge in [-0.05, 0) is 31.0 Å². The summed E-state index contributed by atoms with van der Waals surface area (Å²) < 4.78 is 5.36. The number of hydrogen-bond acceptors (Lipinski definition) is 4. The lowest BCUT2D eigenvalue weighted by Gasteiger charge is -2.27. The van der Waals surface area contributed by atoms with Crippen LogP contribution in [0.4, 0.5) is 11.4 Å². The molecule has 0 aliphatic carbocycles. The van der Waals surface area contributed by atoms with Crippen LogP contribution in [0.3, 0.4) is 0 Å². The molecule has 2 saturated heterocycles. The van der Waals surface area contributed by atoms with Crippen LogP contribution in [0.5, 0.6) is 0 Å². The van der Waals surface area contributed by atoms with E-state index in [9.17, 15) is 9.59 Å². The molecular formula is C17H24ClN3O3. The van der Waals surface area contributed by atoms with E-state index >= 15 is 0 Å². The van der Waals surface area contributed by atoms with Crippen molar-refractivity contribution in [2.24, 2.45) is 0 Å². The monoisotopic (exact) mass is 353 g/mol. The summed E-state index contributed by atoms with van der Waals surface area (Å²) in [6, 6.07) is 7.56. The molecule has 2 aliphatic heterocycles. The Bertz CT molecular complexity index is 576. The van der Waals surface area contributed by atoms with Crippen molar-refractivity contribution >= 4 is 35.6 Å². The van der Waals surface area contributed by atoms with Crippen LogP contribution in [-0.4, -0.2) is 44.2 Å². The molecule has 6 nitrogen and oxygen atoms in total. The third kappa shape index (κ3) is 4.93. The average Bonchev–Trinajstić information content (AvgIpc) is 2.56. The second-order valence-corrected chi connectivity index (χ2v) is 6.03. The number of benzene rings is 1. The molecule has 2 aliphatic rings. The first-order valence-corrected chi connectivity index (χ1v) is 8.24. The zero-order valence-electron chi connectivity index (χ0n) is 13.6. The number of nitrogens with one attached hydrogen (secondary N) is 2. The molecule has 0 bridgehead atoms. The van der Waals surface area contributed by atoms with Gasteiger partial charge in [0.2, 0.25) is 11.8 Å². The van der Waals surface area contributed by atoms with Crippen LogP contribution in [0, 0.1) is 0 Å². The molecule has 2 N–H and O–H groups in total. The highest BCUT2D eigenvalue weighted by Crippen LogP contribution is 2.24. The maximum Gasteiger partial charge on any atom is 0.226 e. The van der Waals surface area contributed by atoms with Crippen molar-refractivity contribution in [1.82, 2.24) is 5.32 Å². The fraction of sp³-hybridized carbons (Fsp3) is 0.529. The number of halogens is 1. The number of morpholine rings is 1. The highest BCUT2D eigenvalue weighted by Gasteiger charge is 2.20. The quantitative estimate of drug-likeness (QED) is 0.868. The van der Waals surface area contributed by atoms with Gasteiger partial charge in [-0.3, -0.25) is 9.59 Å². The van der Waals surface area contributed by atoms with Crippen LogP contribution < -0.4 is 15.5 Å². The maximum atomic E-state index is 12.1. The number of rotatable bonds is 4. The van der Waals surface area contributed by atoms with Gasteiger partial charge in [-0.15, -0.1) is 12.4 Å². The second-order valence-electron chi connectivity index (χ2n) is 6.03. The minimum atomic E-state index is -0.0462. The van der Waals surface area contributed by atoms with Gasteiger partial charge >= 0.3 is 0 Å². The predicted octanol–water partition coefficient (Wildman–Crippen LogP) is 1.94. The number of ether oxygens (including phenoxy) is 1.